The summed E-state index contributed by atoms with van der Waals surface area (Å²) in [5.74, 6) is 0.766. The molecule has 2 heterocycles. The van der Waals surface area contributed by atoms with Crippen molar-refractivity contribution >= 4 is 38.1 Å². The monoisotopic (exact) mass is 335 g/mol. The third-order valence-electron chi connectivity index (χ3n) is 2.64. The highest BCUT2D eigenvalue weighted by atomic mass is 35.5. The van der Waals surface area contributed by atoms with Crippen LogP contribution in [-0.4, -0.2) is 40.1 Å². The number of hydrogen-bond acceptors (Lipinski definition) is 4. The Hall–Kier alpha value is -0.960. The van der Waals surface area contributed by atoms with Crippen molar-refractivity contribution < 1.29 is 12.6 Å². The van der Waals surface area contributed by atoms with Gasteiger partial charge in [0.1, 0.15) is 5.65 Å². The lowest BCUT2D eigenvalue weighted by Crippen LogP contribution is -2.29. The molecular formula is C11H14ClN3O3S2. The molecule has 6 nitrogen and oxygen atoms in total. The van der Waals surface area contributed by atoms with Gasteiger partial charge in [-0.15, -0.1) is 0 Å². The first kappa shape index (κ1) is 15.4. The number of imidazole rings is 1. The Morgan fingerprint density at radius 2 is 2.20 bits per heavy atom. The Kier molecular flexibility index (Phi) is 4.79. The highest BCUT2D eigenvalue weighted by molar-refractivity contribution is 7.89. The van der Waals surface area contributed by atoms with Gasteiger partial charge in [-0.25, -0.2) is 18.1 Å². The van der Waals surface area contributed by atoms with Gasteiger partial charge in [0.2, 0.25) is 0 Å². The molecule has 0 spiro atoms. The average molecular weight is 336 g/mol. The van der Waals surface area contributed by atoms with Crippen LogP contribution >= 0.6 is 11.6 Å². The van der Waals surface area contributed by atoms with Gasteiger partial charge < -0.3 is 0 Å². The summed E-state index contributed by atoms with van der Waals surface area (Å²) in [6.07, 6.45) is 1.58. The Morgan fingerprint density at radius 1 is 1.45 bits per heavy atom. The predicted molar refractivity (Wildman–Crippen MR) is 78.9 cm³/mol. The van der Waals surface area contributed by atoms with Crippen LogP contribution in [-0.2, 0) is 20.8 Å². The molecule has 0 fully saturated rings. The number of pyridine rings is 1. The standard InChI is InChI=1S/C11H14ClN3O3S2/c1-2-19(16)8-6-13-20(17,18)11-10(12)14-9-5-3-4-7-15(9)11/h3-5,7,13H,2,6,8H2,1H3. The van der Waals surface area contributed by atoms with Gasteiger partial charge in [-0.3, -0.25) is 8.61 Å². The third kappa shape index (κ3) is 3.20. The lowest BCUT2D eigenvalue weighted by Gasteiger charge is -2.06. The van der Waals surface area contributed by atoms with E-state index in [4.69, 9.17) is 11.6 Å². The van der Waals surface area contributed by atoms with Gasteiger partial charge >= 0.3 is 0 Å². The van der Waals surface area contributed by atoms with Crippen molar-refractivity contribution in [1.82, 2.24) is 14.1 Å². The van der Waals surface area contributed by atoms with E-state index in [9.17, 15) is 12.6 Å². The predicted octanol–water partition coefficient (Wildman–Crippen LogP) is 1.03. The number of nitrogens with one attached hydrogen (secondary N) is 1. The molecule has 0 radical (unpaired) electrons. The first-order valence-corrected chi connectivity index (χ1v) is 9.28. The first-order valence-electron chi connectivity index (χ1n) is 5.93. The minimum absolute atomic E-state index is 0.0830. The Bertz CT molecular complexity index is 742. The summed E-state index contributed by atoms with van der Waals surface area (Å²) in [7, 11) is -4.82. The van der Waals surface area contributed by atoms with Crippen molar-refractivity contribution in [2.24, 2.45) is 0 Å². The normalized spacial score (nSPS) is 13.7. The summed E-state index contributed by atoms with van der Waals surface area (Å²) in [5.41, 5.74) is 0.454. The van der Waals surface area contributed by atoms with Crippen molar-refractivity contribution in [3.8, 4) is 0 Å². The lowest BCUT2D eigenvalue weighted by molar-refractivity contribution is 0.579. The zero-order chi connectivity index (χ0) is 14.8. The summed E-state index contributed by atoms with van der Waals surface area (Å²) < 4.78 is 39.6. The van der Waals surface area contributed by atoms with E-state index in [0.717, 1.165) is 0 Å². The van der Waals surface area contributed by atoms with E-state index in [1.54, 1.807) is 31.3 Å². The highest BCUT2D eigenvalue weighted by Gasteiger charge is 2.23. The molecule has 0 aliphatic heterocycles. The number of halogens is 1. The Balaban J connectivity index is 2.28. The van der Waals surface area contributed by atoms with Crippen LogP contribution in [0, 0.1) is 0 Å². The number of fused-ring (bicyclic) bond motifs is 1. The molecule has 1 unspecified atom stereocenters. The van der Waals surface area contributed by atoms with Gasteiger partial charge in [0.05, 0.1) is 0 Å². The topological polar surface area (TPSA) is 80.5 Å². The van der Waals surface area contributed by atoms with Crippen molar-refractivity contribution in [2.75, 3.05) is 18.1 Å². The van der Waals surface area contributed by atoms with E-state index in [0.29, 0.717) is 11.4 Å². The SMILES string of the molecule is CCS(=O)CCNS(=O)(=O)c1c(Cl)nc2ccccn12. The Labute approximate surface area is 124 Å². The first-order chi connectivity index (χ1) is 9.45. The molecule has 1 atom stereocenters. The van der Waals surface area contributed by atoms with E-state index >= 15 is 0 Å². The average Bonchev–Trinajstić information content (AvgIpc) is 2.74. The van der Waals surface area contributed by atoms with Crippen molar-refractivity contribution in [1.29, 1.82) is 0 Å². The fourth-order valence-corrected chi connectivity index (χ4v) is 4.11. The summed E-state index contributed by atoms with van der Waals surface area (Å²) in [6.45, 7) is 1.88. The zero-order valence-electron chi connectivity index (χ0n) is 10.7. The molecule has 0 amide bonds. The molecule has 0 aliphatic rings. The molecule has 0 saturated carbocycles. The quantitative estimate of drug-likeness (QED) is 0.855. The van der Waals surface area contributed by atoms with Gasteiger partial charge in [0, 0.05) is 35.0 Å². The Morgan fingerprint density at radius 3 is 2.90 bits per heavy atom. The second-order valence-corrected chi connectivity index (χ2v) is 7.87. The van der Waals surface area contributed by atoms with Crippen LogP contribution in [0.3, 0.4) is 0 Å². The molecule has 0 aromatic carbocycles. The number of sulfonamides is 1. The van der Waals surface area contributed by atoms with E-state index in [2.05, 4.69) is 9.71 Å². The van der Waals surface area contributed by atoms with Gasteiger partial charge in [0.15, 0.2) is 10.2 Å². The van der Waals surface area contributed by atoms with Gasteiger partial charge in [-0.1, -0.05) is 24.6 Å². The molecule has 2 rings (SSSR count). The molecule has 0 aliphatic carbocycles. The van der Waals surface area contributed by atoms with Gasteiger partial charge in [-0.2, -0.15) is 0 Å². The van der Waals surface area contributed by atoms with Gasteiger partial charge in [-0.05, 0) is 12.1 Å². The summed E-state index contributed by atoms with van der Waals surface area (Å²) >= 11 is 5.91. The van der Waals surface area contributed by atoms with E-state index in [-0.39, 0.29) is 22.5 Å². The van der Waals surface area contributed by atoms with Crippen LogP contribution in [0.1, 0.15) is 6.92 Å². The van der Waals surface area contributed by atoms with E-state index < -0.39 is 20.8 Å². The molecule has 2 aromatic heterocycles. The van der Waals surface area contributed by atoms with E-state index in [1.807, 2.05) is 0 Å². The summed E-state index contributed by atoms with van der Waals surface area (Å²) in [4.78, 5) is 3.99. The van der Waals surface area contributed by atoms with Crippen LogP contribution in [0.15, 0.2) is 29.4 Å². The fraction of sp³-hybridized carbons (Fsp3) is 0.364. The maximum Gasteiger partial charge on any atom is 0.259 e. The number of hydrogen-bond donors (Lipinski definition) is 1. The van der Waals surface area contributed by atoms with Crippen molar-refractivity contribution in [3.05, 3.63) is 29.5 Å². The minimum atomic E-state index is -3.79. The molecule has 0 bridgehead atoms. The molecule has 0 saturated heterocycles. The second-order valence-electron chi connectivity index (χ2n) is 3.97. The number of aromatic nitrogens is 2. The van der Waals surface area contributed by atoms with Crippen molar-refractivity contribution in [3.63, 3.8) is 0 Å². The molecule has 110 valence electrons. The summed E-state index contributed by atoms with van der Waals surface area (Å²) in [5, 5.41) is -0.183. The largest absolute Gasteiger partial charge is 0.288 e. The molecular weight excluding hydrogens is 322 g/mol. The third-order valence-corrected chi connectivity index (χ3v) is 5.81. The maximum absolute atomic E-state index is 12.2. The van der Waals surface area contributed by atoms with Crippen molar-refractivity contribution in [2.45, 2.75) is 11.9 Å². The van der Waals surface area contributed by atoms with Crippen LogP contribution in [0.5, 0.6) is 0 Å². The minimum Gasteiger partial charge on any atom is -0.288 e. The maximum atomic E-state index is 12.2. The second kappa shape index (κ2) is 6.21. The fourth-order valence-electron chi connectivity index (χ4n) is 1.69. The lowest BCUT2D eigenvalue weighted by atomic mass is 10.5. The molecule has 9 heteroatoms. The van der Waals surface area contributed by atoms with Crippen LogP contribution in [0.25, 0.3) is 5.65 Å². The zero-order valence-corrected chi connectivity index (χ0v) is 13.1. The van der Waals surface area contributed by atoms with Gasteiger partial charge in [0.25, 0.3) is 10.0 Å². The molecule has 2 aromatic rings. The molecule has 20 heavy (non-hydrogen) atoms. The number of rotatable bonds is 6. The van der Waals surface area contributed by atoms with Crippen LogP contribution in [0.4, 0.5) is 0 Å². The molecule has 1 N–H and O–H groups in total. The van der Waals surface area contributed by atoms with E-state index in [1.165, 1.54) is 4.40 Å². The van der Waals surface area contributed by atoms with Crippen LogP contribution < -0.4 is 4.72 Å². The van der Waals surface area contributed by atoms with Crippen LogP contribution in [0.2, 0.25) is 5.15 Å². The number of nitrogens with zero attached hydrogens (tertiary/aromatic N) is 2. The smallest absolute Gasteiger partial charge is 0.259 e. The highest BCUT2D eigenvalue weighted by Crippen LogP contribution is 2.22. The summed E-state index contributed by atoms with van der Waals surface area (Å²) in [6, 6.07) is 5.10.